The molecule has 0 radical (unpaired) electrons. The first-order valence-electron chi connectivity index (χ1n) is 8.22. The molecule has 1 aliphatic heterocycles. The third kappa shape index (κ3) is 3.56. The number of H-pyrrole nitrogens is 1. The zero-order valence-electron chi connectivity index (χ0n) is 13.6. The second kappa shape index (κ2) is 7.48. The molecule has 132 valence electrons. The molecular formula is C18H20FN3O3. The maximum atomic E-state index is 13.5. The van der Waals surface area contributed by atoms with Crippen molar-refractivity contribution in [3.8, 4) is 0 Å². The molecule has 7 heteroatoms. The van der Waals surface area contributed by atoms with E-state index < -0.39 is 0 Å². The van der Waals surface area contributed by atoms with E-state index in [9.17, 15) is 9.18 Å². The summed E-state index contributed by atoms with van der Waals surface area (Å²) in [5, 5.41) is 14.1. The minimum absolute atomic E-state index is 0.00330. The van der Waals surface area contributed by atoms with Crippen LogP contribution in [0.4, 0.5) is 4.39 Å². The number of carbonyl (C=O) groups excluding carboxylic acids is 1. The molecule has 1 unspecified atom stereocenters. The molecule has 0 fully saturated rings. The number of carbonyl (C=O) groups is 2. The van der Waals surface area contributed by atoms with Gasteiger partial charge in [0.2, 0.25) is 5.91 Å². The van der Waals surface area contributed by atoms with Gasteiger partial charge in [0.15, 0.2) is 0 Å². The lowest BCUT2D eigenvalue weighted by Crippen LogP contribution is -2.42. The summed E-state index contributed by atoms with van der Waals surface area (Å²) in [5.74, 6) is -0.225. The molecule has 2 heterocycles. The number of halogens is 1. The van der Waals surface area contributed by atoms with Crippen molar-refractivity contribution in [2.45, 2.75) is 31.3 Å². The Bertz CT molecular complexity index is 815. The highest BCUT2D eigenvalue weighted by atomic mass is 19.1. The van der Waals surface area contributed by atoms with Gasteiger partial charge in [-0.1, -0.05) is 12.2 Å². The summed E-state index contributed by atoms with van der Waals surface area (Å²) >= 11 is 0. The van der Waals surface area contributed by atoms with Crippen molar-refractivity contribution in [3.63, 3.8) is 0 Å². The Morgan fingerprint density at radius 3 is 2.92 bits per heavy atom. The van der Waals surface area contributed by atoms with Crippen LogP contribution in [-0.2, 0) is 16.0 Å². The van der Waals surface area contributed by atoms with E-state index >= 15 is 0 Å². The zero-order valence-corrected chi connectivity index (χ0v) is 13.6. The fourth-order valence-corrected chi connectivity index (χ4v) is 3.49. The van der Waals surface area contributed by atoms with Crippen molar-refractivity contribution < 1.29 is 19.1 Å². The van der Waals surface area contributed by atoms with Crippen LogP contribution in [0.1, 0.15) is 30.1 Å². The predicted molar refractivity (Wildman–Crippen MR) is 91.7 cm³/mol. The van der Waals surface area contributed by atoms with E-state index in [1.807, 2.05) is 12.2 Å². The van der Waals surface area contributed by atoms with Crippen LogP contribution in [0.2, 0.25) is 0 Å². The first kappa shape index (κ1) is 17.2. The fraction of sp³-hybridized carbons (Fsp3) is 0.333. The van der Waals surface area contributed by atoms with Crippen molar-refractivity contribution in [1.82, 2.24) is 15.6 Å². The SMILES string of the molecule is O=C(NC1CCCc2c1[nH]c1ccc(F)cc21)[C@@H]1C=CCN1.O=CO. The molecule has 1 aromatic heterocycles. The van der Waals surface area contributed by atoms with E-state index in [-0.39, 0.29) is 30.3 Å². The van der Waals surface area contributed by atoms with E-state index in [0.717, 1.165) is 48.0 Å². The number of hydrogen-bond acceptors (Lipinski definition) is 3. The Hall–Kier alpha value is -2.67. The Labute approximate surface area is 144 Å². The largest absolute Gasteiger partial charge is 0.483 e. The molecule has 0 spiro atoms. The van der Waals surface area contributed by atoms with E-state index in [0.29, 0.717) is 0 Å². The Morgan fingerprint density at radius 2 is 2.20 bits per heavy atom. The zero-order chi connectivity index (χ0) is 17.8. The smallest absolute Gasteiger partial charge is 0.290 e. The molecule has 2 atom stereocenters. The summed E-state index contributed by atoms with van der Waals surface area (Å²) in [5.41, 5.74) is 3.11. The first-order valence-corrected chi connectivity index (χ1v) is 8.22. The van der Waals surface area contributed by atoms with Gasteiger partial charge in [-0.25, -0.2) is 4.39 Å². The van der Waals surface area contributed by atoms with Crippen LogP contribution >= 0.6 is 0 Å². The number of benzene rings is 1. The fourth-order valence-electron chi connectivity index (χ4n) is 3.49. The average Bonchev–Trinajstić information content (AvgIpc) is 3.24. The first-order chi connectivity index (χ1) is 12.1. The highest BCUT2D eigenvalue weighted by Gasteiger charge is 2.28. The van der Waals surface area contributed by atoms with Gasteiger partial charge < -0.3 is 15.4 Å². The van der Waals surface area contributed by atoms with Crippen molar-refractivity contribution in [2.75, 3.05) is 6.54 Å². The van der Waals surface area contributed by atoms with Crippen molar-refractivity contribution in [2.24, 2.45) is 0 Å². The lowest BCUT2D eigenvalue weighted by Gasteiger charge is -2.25. The molecule has 25 heavy (non-hydrogen) atoms. The molecule has 0 bridgehead atoms. The lowest BCUT2D eigenvalue weighted by molar-refractivity contribution is -0.123. The summed E-state index contributed by atoms with van der Waals surface area (Å²) in [6.07, 6.45) is 6.68. The summed E-state index contributed by atoms with van der Waals surface area (Å²) in [7, 11) is 0. The van der Waals surface area contributed by atoms with Gasteiger partial charge in [-0.3, -0.25) is 14.9 Å². The molecule has 1 aromatic carbocycles. The molecule has 6 nitrogen and oxygen atoms in total. The maximum Gasteiger partial charge on any atom is 0.290 e. The number of nitrogens with one attached hydrogen (secondary N) is 3. The van der Waals surface area contributed by atoms with Gasteiger partial charge in [-0.05, 0) is 43.0 Å². The topological polar surface area (TPSA) is 94.2 Å². The van der Waals surface area contributed by atoms with E-state index in [2.05, 4.69) is 15.6 Å². The molecular weight excluding hydrogens is 325 g/mol. The molecule has 1 aliphatic carbocycles. The van der Waals surface area contributed by atoms with Crippen molar-refractivity contribution in [1.29, 1.82) is 0 Å². The van der Waals surface area contributed by atoms with Gasteiger partial charge in [0, 0.05) is 23.1 Å². The number of carboxylic acid groups (broad SMARTS) is 1. The van der Waals surface area contributed by atoms with Crippen LogP contribution in [0, 0.1) is 5.82 Å². The predicted octanol–water partition coefficient (Wildman–Crippen LogP) is 2.03. The quantitative estimate of drug-likeness (QED) is 0.495. The van der Waals surface area contributed by atoms with Crippen LogP contribution in [0.3, 0.4) is 0 Å². The molecule has 2 aromatic rings. The van der Waals surface area contributed by atoms with Gasteiger partial charge in [-0.15, -0.1) is 0 Å². The summed E-state index contributed by atoms with van der Waals surface area (Å²) < 4.78 is 13.5. The molecule has 2 aliphatic rings. The van der Waals surface area contributed by atoms with E-state index in [4.69, 9.17) is 9.90 Å². The molecule has 4 N–H and O–H groups in total. The lowest BCUT2D eigenvalue weighted by atomic mass is 9.91. The molecule has 4 rings (SSSR count). The Kier molecular flexibility index (Phi) is 5.14. The average molecular weight is 345 g/mol. The number of aromatic nitrogens is 1. The molecule has 1 amide bonds. The van der Waals surface area contributed by atoms with Gasteiger partial charge in [-0.2, -0.15) is 0 Å². The van der Waals surface area contributed by atoms with Crippen molar-refractivity contribution in [3.05, 3.63) is 47.4 Å². The van der Waals surface area contributed by atoms with Crippen LogP contribution in [0.25, 0.3) is 10.9 Å². The number of amides is 1. The van der Waals surface area contributed by atoms with Gasteiger partial charge in [0.25, 0.3) is 6.47 Å². The minimum Gasteiger partial charge on any atom is -0.483 e. The second-order valence-electron chi connectivity index (χ2n) is 6.08. The number of aromatic amines is 1. The standard InChI is InChI=1S/C17H18FN3O.CH2O2/c18-10-6-7-13-12(9-10)11-3-1-4-14(16(11)20-13)21-17(22)15-5-2-8-19-15;2-1-3/h2,5-7,9,14-15,19-20H,1,3-4,8H2,(H,21,22);1H,(H,2,3)/t14?,15-;/m0./s1. The Balaban J connectivity index is 0.000000569. The van der Waals surface area contributed by atoms with E-state index in [1.165, 1.54) is 6.07 Å². The van der Waals surface area contributed by atoms with Gasteiger partial charge in [0.05, 0.1) is 6.04 Å². The highest BCUT2D eigenvalue weighted by Crippen LogP contribution is 2.35. The molecule has 0 saturated heterocycles. The number of rotatable bonds is 2. The van der Waals surface area contributed by atoms with Crippen molar-refractivity contribution >= 4 is 23.3 Å². The Morgan fingerprint density at radius 1 is 1.40 bits per heavy atom. The van der Waals surface area contributed by atoms with Gasteiger partial charge in [0.1, 0.15) is 11.9 Å². The number of aryl methyl sites for hydroxylation is 1. The monoisotopic (exact) mass is 345 g/mol. The number of fused-ring (bicyclic) bond motifs is 3. The highest BCUT2D eigenvalue weighted by molar-refractivity contribution is 5.87. The second-order valence-corrected chi connectivity index (χ2v) is 6.08. The normalized spacial score (nSPS) is 21.3. The summed E-state index contributed by atoms with van der Waals surface area (Å²) in [4.78, 5) is 24.0. The maximum absolute atomic E-state index is 13.5. The van der Waals surface area contributed by atoms with Crippen LogP contribution in [0.5, 0.6) is 0 Å². The van der Waals surface area contributed by atoms with Gasteiger partial charge >= 0.3 is 0 Å². The number of hydrogen-bond donors (Lipinski definition) is 4. The van der Waals surface area contributed by atoms with Crippen LogP contribution < -0.4 is 10.6 Å². The van der Waals surface area contributed by atoms with Crippen LogP contribution in [-0.4, -0.2) is 35.1 Å². The summed E-state index contributed by atoms with van der Waals surface area (Å²) in [6.45, 7) is 0.486. The minimum atomic E-state index is -0.250. The summed E-state index contributed by atoms with van der Waals surface area (Å²) in [6, 6.07) is 4.54. The third-order valence-corrected chi connectivity index (χ3v) is 4.55. The third-order valence-electron chi connectivity index (χ3n) is 4.55. The molecule has 0 saturated carbocycles. The van der Waals surface area contributed by atoms with Crippen LogP contribution in [0.15, 0.2) is 30.4 Å². The van der Waals surface area contributed by atoms with E-state index in [1.54, 1.807) is 12.1 Å².